The molecule has 8 heteroatoms. The summed E-state index contributed by atoms with van der Waals surface area (Å²) in [5, 5.41) is 10.9. The van der Waals surface area contributed by atoms with Gasteiger partial charge in [-0.15, -0.1) is 0 Å². The van der Waals surface area contributed by atoms with Crippen LogP contribution in [-0.2, 0) is 19.8 Å². The van der Waals surface area contributed by atoms with Crippen molar-refractivity contribution < 1.29 is 24.3 Å². The highest BCUT2D eigenvalue weighted by molar-refractivity contribution is 6.11. The first kappa shape index (κ1) is 27.5. The number of carboxylic acid groups (broad SMARTS) is 1. The Morgan fingerprint density at radius 2 is 1.71 bits per heavy atom. The van der Waals surface area contributed by atoms with Crippen molar-refractivity contribution in [3.63, 3.8) is 0 Å². The number of nitrogens with zero attached hydrogens (tertiary/aromatic N) is 3. The minimum Gasteiger partial charge on any atom is -0.479 e. The molecule has 8 nitrogen and oxygen atoms in total. The van der Waals surface area contributed by atoms with E-state index in [1.807, 2.05) is 32.9 Å². The van der Waals surface area contributed by atoms with Crippen LogP contribution in [0.3, 0.4) is 0 Å². The number of carbonyl (C=O) groups is 4. The standard InChI is InChI=1S/C30H37N3O5/c1-7-16-32-26(35)22-23(27(32)36)30(28(37)38,17-18(2)3)33(24(22)21-10-8-9-15-31-21)25(34)19-11-13-20(14-12-19)29(4,5)6/h8-15,18,22-24H,7,16-17H2,1-6H3,(H,37,38)/t22-,23?,24-,30-/m0/s1. The molecule has 1 unspecified atom stereocenters. The molecule has 0 spiro atoms. The van der Waals surface area contributed by atoms with Crippen molar-refractivity contribution >= 4 is 23.7 Å². The molecule has 4 rings (SSSR count). The van der Waals surface area contributed by atoms with E-state index < -0.39 is 47.1 Å². The molecule has 2 fully saturated rings. The zero-order valence-corrected chi connectivity index (χ0v) is 23.0. The second-order valence-corrected chi connectivity index (χ2v) is 11.9. The smallest absolute Gasteiger partial charge is 0.330 e. The summed E-state index contributed by atoms with van der Waals surface area (Å²) in [6, 6.07) is 11.3. The van der Waals surface area contributed by atoms with Crippen LogP contribution in [0, 0.1) is 17.8 Å². The number of imide groups is 1. The normalized spacial score (nSPS) is 25.3. The summed E-state index contributed by atoms with van der Waals surface area (Å²) in [4.78, 5) is 62.2. The number of carboxylic acids is 1. The molecule has 0 aliphatic carbocycles. The number of amides is 3. The second kappa shape index (κ2) is 9.97. The van der Waals surface area contributed by atoms with Gasteiger partial charge >= 0.3 is 5.97 Å². The lowest BCUT2D eigenvalue weighted by molar-refractivity contribution is -0.157. The minimum atomic E-state index is -1.91. The van der Waals surface area contributed by atoms with E-state index in [1.165, 1.54) is 9.80 Å². The lowest BCUT2D eigenvalue weighted by atomic mass is 9.75. The molecule has 1 aromatic carbocycles. The summed E-state index contributed by atoms with van der Waals surface area (Å²) in [7, 11) is 0. The van der Waals surface area contributed by atoms with Gasteiger partial charge in [-0.3, -0.25) is 24.3 Å². The lowest BCUT2D eigenvalue weighted by Gasteiger charge is -2.41. The third-order valence-electron chi connectivity index (χ3n) is 7.75. The number of aliphatic carboxylic acids is 1. The maximum Gasteiger partial charge on any atom is 0.330 e. The van der Waals surface area contributed by atoms with Gasteiger partial charge in [0, 0.05) is 18.3 Å². The molecule has 202 valence electrons. The Bertz CT molecular complexity index is 1230. The molecular formula is C30H37N3O5. The number of rotatable bonds is 7. The highest BCUT2D eigenvalue weighted by Crippen LogP contribution is 2.57. The zero-order chi connectivity index (χ0) is 28.0. The van der Waals surface area contributed by atoms with Crippen LogP contribution in [0.5, 0.6) is 0 Å². The number of hydrogen-bond donors (Lipinski definition) is 1. The first-order valence-electron chi connectivity index (χ1n) is 13.3. The van der Waals surface area contributed by atoms with Crippen molar-refractivity contribution in [1.29, 1.82) is 0 Å². The number of fused-ring (bicyclic) bond motifs is 1. The molecule has 2 saturated heterocycles. The van der Waals surface area contributed by atoms with Gasteiger partial charge in [0.25, 0.3) is 5.91 Å². The molecule has 0 saturated carbocycles. The fraction of sp³-hybridized carbons (Fsp3) is 0.500. The predicted molar refractivity (Wildman–Crippen MR) is 142 cm³/mol. The van der Waals surface area contributed by atoms with Crippen molar-refractivity contribution in [2.45, 2.75) is 71.4 Å². The van der Waals surface area contributed by atoms with E-state index in [1.54, 1.807) is 36.5 Å². The van der Waals surface area contributed by atoms with E-state index in [0.717, 1.165) is 5.56 Å². The first-order valence-corrected chi connectivity index (χ1v) is 13.3. The summed E-state index contributed by atoms with van der Waals surface area (Å²) in [6.07, 6.45) is 2.13. The molecule has 2 aliphatic heterocycles. The maximum absolute atomic E-state index is 14.3. The Balaban J connectivity index is 1.97. The molecule has 38 heavy (non-hydrogen) atoms. The van der Waals surface area contributed by atoms with Crippen molar-refractivity contribution in [3.05, 3.63) is 65.5 Å². The summed E-state index contributed by atoms with van der Waals surface area (Å²) in [5.41, 5.74) is -0.309. The van der Waals surface area contributed by atoms with Crippen LogP contribution in [0.25, 0.3) is 0 Å². The second-order valence-electron chi connectivity index (χ2n) is 11.9. The van der Waals surface area contributed by atoms with Crippen LogP contribution in [0.4, 0.5) is 0 Å². The number of aromatic nitrogens is 1. The third kappa shape index (κ3) is 4.29. The summed E-state index contributed by atoms with van der Waals surface area (Å²) in [6.45, 7) is 12.0. The summed E-state index contributed by atoms with van der Waals surface area (Å²) in [5.74, 6) is -5.17. The average Bonchev–Trinajstić information content (AvgIpc) is 3.30. The van der Waals surface area contributed by atoms with Crippen LogP contribution in [-0.4, -0.2) is 55.7 Å². The van der Waals surface area contributed by atoms with Gasteiger partial charge in [0.15, 0.2) is 5.54 Å². The summed E-state index contributed by atoms with van der Waals surface area (Å²) < 4.78 is 0. The van der Waals surface area contributed by atoms with E-state index in [-0.39, 0.29) is 24.3 Å². The Hall–Kier alpha value is -3.55. The molecule has 3 amide bonds. The van der Waals surface area contributed by atoms with Gasteiger partial charge in [-0.2, -0.15) is 0 Å². The maximum atomic E-state index is 14.3. The Kier molecular flexibility index (Phi) is 7.21. The van der Waals surface area contributed by atoms with Crippen molar-refractivity contribution in [1.82, 2.24) is 14.8 Å². The van der Waals surface area contributed by atoms with Crippen LogP contribution in [0.15, 0.2) is 48.7 Å². The van der Waals surface area contributed by atoms with E-state index in [2.05, 4.69) is 25.8 Å². The highest BCUT2D eigenvalue weighted by Gasteiger charge is 2.73. The van der Waals surface area contributed by atoms with Crippen LogP contribution >= 0.6 is 0 Å². The molecule has 1 aromatic heterocycles. The fourth-order valence-corrected chi connectivity index (χ4v) is 6.17. The molecule has 0 bridgehead atoms. The van der Waals surface area contributed by atoms with Gasteiger partial charge < -0.3 is 10.0 Å². The van der Waals surface area contributed by atoms with Gasteiger partial charge in [-0.25, -0.2) is 4.79 Å². The Morgan fingerprint density at radius 3 is 2.21 bits per heavy atom. The molecule has 4 atom stereocenters. The van der Waals surface area contributed by atoms with E-state index in [9.17, 15) is 24.3 Å². The first-order chi connectivity index (χ1) is 17.9. The number of pyridine rings is 1. The van der Waals surface area contributed by atoms with Crippen LogP contribution in [0.1, 0.15) is 82.0 Å². The molecule has 2 aliphatic rings. The van der Waals surface area contributed by atoms with Gasteiger partial charge in [0.05, 0.1) is 23.6 Å². The number of hydrogen-bond acceptors (Lipinski definition) is 5. The van der Waals surface area contributed by atoms with Crippen LogP contribution in [0.2, 0.25) is 0 Å². The van der Waals surface area contributed by atoms with Gasteiger partial charge in [-0.1, -0.05) is 59.7 Å². The quantitative estimate of drug-likeness (QED) is 0.541. The zero-order valence-electron chi connectivity index (χ0n) is 23.0. The van der Waals surface area contributed by atoms with Crippen LogP contribution < -0.4 is 0 Å². The van der Waals surface area contributed by atoms with Crippen molar-refractivity contribution in [3.8, 4) is 0 Å². The Labute approximate surface area is 224 Å². The predicted octanol–water partition coefficient (Wildman–Crippen LogP) is 4.46. The topological polar surface area (TPSA) is 108 Å². The van der Waals surface area contributed by atoms with Crippen molar-refractivity contribution in [2.24, 2.45) is 17.8 Å². The van der Waals surface area contributed by atoms with Gasteiger partial charge in [-0.05, 0) is 54.0 Å². The molecule has 0 radical (unpaired) electrons. The summed E-state index contributed by atoms with van der Waals surface area (Å²) >= 11 is 0. The molecule has 2 aromatic rings. The van der Waals surface area contributed by atoms with Crippen molar-refractivity contribution in [2.75, 3.05) is 6.54 Å². The Morgan fingerprint density at radius 1 is 1.05 bits per heavy atom. The van der Waals surface area contributed by atoms with Gasteiger partial charge in [0.1, 0.15) is 0 Å². The average molecular weight is 520 g/mol. The third-order valence-corrected chi connectivity index (χ3v) is 7.75. The minimum absolute atomic E-state index is 0.0254. The number of benzene rings is 1. The molecule has 3 heterocycles. The molecule has 1 N–H and O–H groups in total. The largest absolute Gasteiger partial charge is 0.479 e. The van der Waals surface area contributed by atoms with E-state index >= 15 is 0 Å². The SMILES string of the molecule is CCCN1C(=O)C2[C@H](C1=O)[C@H](c1ccccn1)N(C(=O)c1ccc(C(C)(C)C)cc1)[C@]2(CC(C)C)C(=O)O. The fourth-order valence-electron chi connectivity index (χ4n) is 6.17. The highest BCUT2D eigenvalue weighted by atomic mass is 16.4. The molecular weight excluding hydrogens is 482 g/mol. The van der Waals surface area contributed by atoms with E-state index in [0.29, 0.717) is 17.7 Å². The van der Waals surface area contributed by atoms with E-state index in [4.69, 9.17) is 0 Å². The van der Waals surface area contributed by atoms with Gasteiger partial charge in [0.2, 0.25) is 11.8 Å². The monoisotopic (exact) mass is 519 g/mol. The lowest BCUT2D eigenvalue weighted by Crippen LogP contribution is -2.60. The number of carbonyl (C=O) groups excluding carboxylic acids is 3. The number of likely N-dealkylation sites (tertiary alicyclic amines) is 2.